The first-order valence-corrected chi connectivity index (χ1v) is 11.3. The van der Waals surface area contributed by atoms with Crippen molar-refractivity contribution in [1.82, 2.24) is 9.62 Å². The van der Waals surface area contributed by atoms with Crippen LogP contribution in [-0.4, -0.2) is 43.7 Å². The number of carbonyl (C=O) groups is 1. The number of sulfonamides is 1. The van der Waals surface area contributed by atoms with Crippen LogP contribution in [0.3, 0.4) is 0 Å². The van der Waals surface area contributed by atoms with Gasteiger partial charge in [-0.05, 0) is 56.0 Å². The second-order valence-electron chi connectivity index (χ2n) is 7.42. The van der Waals surface area contributed by atoms with Gasteiger partial charge in [0.05, 0.1) is 9.82 Å². The first-order chi connectivity index (χ1) is 14.3. The van der Waals surface area contributed by atoms with Gasteiger partial charge in [-0.1, -0.05) is 18.2 Å². The Hall–Kier alpha value is -2.62. The highest BCUT2D eigenvalue weighted by molar-refractivity contribution is 7.89. The fourth-order valence-electron chi connectivity index (χ4n) is 3.53. The Morgan fingerprint density at radius 3 is 2.53 bits per heavy atom. The van der Waals surface area contributed by atoms with E-state index in [-0.39, 0.29) is 21.3 Å². The van der Waals surface area contributed by atoms with Gasteiger partial charge in [-0.3, -0.25) is 19.8 Å². The van der Waals surface area contributed by atoms with Crippen LogP contribution in [0.15, 0.2) is 47.4 Å². The summed E-state index contributed by atoms with van der Waals surface area (Å²) >= 11 is 0. The number of hydrogen-bond donors (Lipinski definition) is 1. The maximum absolute atomic E-state index is 12.3. The second-order valence-corrected chi connectivity index (χ2v) is 9.19. The summed E-state index contributed by atoms with van der Waals surface area (Å²) < 4.78 is 27.3. The number of hydrogen-bond acceptors (Lipinski definition) is 6. The molecule has 30 heavy (non-hydrogen) atoms. The Labute approximate surface area is 176 Å². The van der Waals surface area contributed by atoms with Gasteiger partial charge in [-0.2, -0.15) is 0 Å². The summed E-state index contributed by atoms with van der Waals surface area (Å²) in [5, 5.41) is 11.0. The van der Waals surface area contributed by atoms with E-state index in [9.17, 15) is 23.3 Å². The molecular weight excluding hydrogens is 406 g/mol. The molecule has 0 unspecified atom stereocenters. The lowest BCUT2D eigenvalue weighted by molar-refractivity contribution is -0.385. The topological polar surface area (TPSA) is 110 Å². The Morgan fingerprint density at radius 1 is 1.13 bits per heavy atom. The third kappa shape index (κ3) is 5.50. The molecule has 1 N–H and O–H groups in total. The van der Waals surface area contributed by atoms with Crippen LogP contribution in [0.25, 0.3) is 0 Å². The minimum atomic E-state index is -3.60. The summed E-state index contributed by atoms with van der Waals surface area (Å²) in [7, 11) is -3.60. The van der Waals surface area contributed by atoms with Crippen molar-refractivity contribution in [3.63, 3.8) is 0 Å². The first kappa shape index (κ1) is 22.1. The van der Waals surface area contributed by atoms with Gasteiger partial charge >= 0.3 is 0 Å². The summed E-state index contributed by atoms with van der Waals surface area (Å²) in [5.41, 5.74) is 2.73. The average Bonchev–Trinajstić information content (AvgIpc) is 2.72. The number of nitro benzene ring substituents is 1. The molecular formula is C21H25N3O5S. The monoisotopic (exact) mass is 431 g/mol. The number of carbonyl (C=O) groups excluding carboxylic acids is 1. The predicted octanol–water partition coefficient (Wildman–Crippen LogP) is 2.91. The average molecular weight is 432 g/mol. The normalized spacial score (nSPS) is 14.3. The van der Waals surface area contributed by atoms with E-state index >= 15 is 0 Å². The fourth-order valence-corrected chi connectivity index (χ4v) is 4.60. The van der Waals surface area contributed by atoms with Crippen molar-refractivity contribution in [2.75, 3.05) is 19.6 Å². The van der Waals surface area contributed by atoms with Crippen molar-refractivity contribution < 1.29 is 18.1 Å². The first-order valence-electron chi connectivity index (χ1n) is 9.85. The number of nitrogens with one attached hydrogen (secondary N) is 1. The van der Waals surface area contributed by atoms with E-state index < -0.39 is 10.0 Å². The van der Waals surface area contributed by atoms with Crippen LogP contribution in [0.1, 0.15) is 41.3 Å². The summed E-state index contributed by atoms with van der Waals surface area (Å²) in [6, 6.07) is 10.9. The molecule has 0 aromatic heterocycles. The molecule has 2 aromatic carbocycles. The molecule has 1 aliphatic rings. The van der Waals surface area contributed by atoms with E-state index in [1.54, 1.807) is 12.1 Å². The summed E-state index contributed by atoms with van der Waals surface area (Å²) in [6.07, 6.45) is 2.36. The third-order valence-electron chi connectivity index (χ3n) is 5.26. The zero-order valence-corrected chi connectivity index (χ0v) is 17.7. The molecule has 0 radical (unpaired) electrons. The predicted molar refractivity (Wildman–Crippen MR) is 113 cm³/mol. The minimum Gasteiger partial charge on any atom is -0.299 e. The number of unbranched alkanes of at least 4 members (excludes halogenated alkanes) is 1. The molecule has 0 fully saturated rings. The molecule has 3 rings (SSSR count). The van der Waals surface area contributed by atoms with Crippen LogP contribution >= 0.6 is 0 Å². The van der Waals surface area contributed by atoms with Crippen LogP contribution in [0.5, 0.6) is 0 Å². The van der Waals surface area contributed by atoms with Gasteiger partial charge in [0, 0.05) is 37.3 Å². The smallest absolute Gasteiger partial charge is 0.269 e. The number of nitrogens with zero attached hydrogens (tertiary/aromatic N) is 2. The number of nitro groups is 1. The van der Waals surface area contributed by atoms with E-state index in [4.69, 9.17) is 0 Å². The van der Waals surface area contributed by atoms with Crippen molar-refractivity contribution in [1.29, 1.82) is 0 Å². The van der Waals surface area contributed by atoms with Crippen LogP contribution in [0.4, 0.5) is 5.69 Å². The van der Waals surface area contributed by atoms with Crippen molar-refractivity contribution >= 4 is 21.5 Å². The lowest BCUT2D eigenvalue weighted by atomic mass is 9.99. The number of Topliss-reactive ketones (excluding diaryl/α,β-unsaturated/α-hetero) is 1. The van der Waals surface area contributed by atoms with Crippen molar-refractivity contribution in [2.24, 2.45) is 0 Å². The highest BCUT2D eigenvalue weighted by Crippen LogP contribution is 2.24. The summed E-state index contributed by atoms with van der Waals surface area (Å²) in [4.78, 5) is 24.3. The maximum Gasteiger partial charge on any atom is 0.269 e. The quantitative estimate of drug-likeness (QED) is 0.283. The van der Waals surface area contributed by atoms with Crippen LogP contribution in [0, 0.1) is 10.1 Å². The molecule has 0 spiro atoms. The third-order valence-corrected chi connectivity index (χ3v) is 6.73. The SMILES string of the molecule is CC(=O)c1ccc(S(=O)(=O)NCCCCN2CCc3ccc([N+](=O)[O-])cc3C2)cc1. The van der Waals surface area contributed by atoms with E-state index in [2.05, 4.69) is 9.62 Å². The number of rotatable bonds is 9. The Bertz CT molecular complexity index is 1040. The molecule has 1 aliphatic heterocycles. The van der Waals surface area contributed by atoms with Crippen LogP contribution < -0.4 is 4.72 Å². The summed E-state index contributed by atoms with van der Waals surface area (Å²) in [5.74, 6) is -0.109. The molecule has 0 atom stereocenters. The van der Waals surface area contributed by atoms with E-state index in [1.807, 2.05) is 6.07 Å². The van der Waals surface area contributed by atoms with E-state index in [1.165, 1.54) is 31.2 Å². The van der Waals surface area contributed by atoms with Crippen molar-refractivity contribution in [2.45, 2.75) is 37.6 Å². The molecule has 8 nitrogen and oxygen atoms in total. The molecule has 9 heteroatoms. The largest absolute Gasteiger partial charge is 0.299 e. The van der Waals surface area contributed by atoms with Crippen molar-refractivity contribution in [3.8, 4) is 0 Å². The van der Waals surface area contributed by atoms with Crippen LogP contribution in [-0.2, 0) is 23.0 Å². The molecule has 0 aliphatic carbocycles. The van der Waals surface area contributed by atoms with Gasteiger partial charge in [0.25, 0.3) is 5.69 Å². The van der Waals surface area contributed by atoms with E-state index in [0.29, 0.717) is 25.1 Å². The van der Waals surface area contributed by atoms with Gasteiger partial charge in [0.1, 0.15) is 0 Å². The second kappa shape index (κ2) is 9.46. The van der Waals surface area contributed by atoms with Gasteiger partial charge in [-0.15, -0.1) is 0 Å². The number of benzene rings is 2. The number of fused-ring (bicyclic) bond motifs is 1. The highest BCUT2D eigenvalue weighted by Gasteiger charge is 2.19. The Morgan fingerprint density at radius 2 is 1.87 bits per heavy atom. The molecule has 0 bridgehead atoms. The summed E-state index contributed by atoms with van der Waals surface area (Å²) in [6.45, 7) is 4.12. The van der Waals surface area contributed by atoms with Crippen LogP contribution in [0.2, 0.25) is 0 Å². The standard InChI is InChI=1S/C21H25N3O5S/c1-16(25)17-5-8-21(9-6-17)30(28,29)22-11-2-3-12-23-13-10-18-4-7-20(24(26)27)14-19(18)15-23/h4-9,14,22H,2-3,10-13,15H2,1H3. The van der Waals surface area contributed by atoms with E-state index in [0.717, 1.165) is 37.1 Å². The molecule has 2 aromatic rings. The molecule has 0 amide bonds. The number of non-ortho nitro benzene ring substituents is 1. The van der Waals surface area contributed by atoms with Gasteiger partial charge in [-0.25, -0.2) is 13.1 Å². The van der Waals surface area contributed by atoms with Crippen molar-refractivity contribution in [3.05, 3.63) is 69.3 Å². The zero-order valence-electron chi connectivity index (χ0n) is 16.8. The lowest BCUT2D eigenvalue weighted by Gasteiger charge is -2.28. The molecule has 160 valence electrons. The Kier molecular flexibility index (Phi) is 6.96. The lowest BCUT2D eigenvalue weighted by Crippen LogP contribution is -2.32. The van der Waals surface area contributed by atoms with Gasteiger partial charge in [0.2, 0.25) is 10.0 Å². The highest BCUT2D eigenvalue weighted by atomic mass is 32.2. The fraction of sp³-hybridized carbons (Fsp3) is 0.381. The molecule has 0 saturated heterocycles. The van der Waals surface area contributed by atoms with Gasteiger partial charge < -0.3 is 0 Å². The molecule has 0 saturated carbocycles. The number of ketones is 1. The Balaban J connectivity index is 1.44. The maximum atomic E-state index is 12.3. The molecule has 1 heterocycles. The zero-order chi connectivity index (χ0) is 21.7. The minimum absolute atomic E-state index is 0.109. The van der Waals surface area contributed by atoms with Gasteiger partial charge in [0.15, 0.2) is 5.78 Å².